The number of aromatic nitrogens is 2. The Morgan fingerprint density at radius 2 is 1.52 bits per heavy atom. The molecule has 2 atom stereocenters. The minimum Gasteiger partial charge on any atom is -0.368 e. The molecule has 0 saturated carbocycles. The number of hydrogen-bond donors (Lipinski definition) is 0. The maximum absolute atomic E-state index is 4.55. The number of fused-ring (bicyclic) bond motifs is 1. The number of likely N-dealkylation sites (tertiary alicyclic amines) is 1. The van der Waals surface area contributed by atoms with Crippen LogP contribution in [0.2, 0.25) is 0 Å². The van der Waals surface area contributed by atoms with Gasteiger partial charge in [0.1, 0.15) is 0 Å². The first kappa shape index (κ1) is 18.7. The molecule has 1 aromatic heterocycles. The van der Waals surface area contributed by atoms with Gasteiger partial charge in [0.05, 0.1) is 0 Å². The highest BCUT2D eigenvalue weighted by atomic mass is 15.3. The predicted molar refractivity (Wildman–Crippen MR) is 119 cm³/mol. The Balaban J connectivity index is 1.20. The van der Waals surface area contributed by atoms with Crippen molar-refractivity contribution in [3.63, 3.8) is 0 Å². The van der Waals surface area contributed by atoms with Crippen LogP contribution >= 0.6 is 0 Å². The zero-order chi connectivity index (χ0) is 19.8. The summed E-state index contributed by atoms with van der Waals surface area (Å²) in [6.45, 7) is 9.76. The molecular formula is C23H32N6. The molecule has 4 heterocycles. The fourth-order valence-electron chi connectivity index (χ4n) is 5.21. The maximum Gasteiger partial charge on any atom is 0.225 e. The van der Waals surface area contributed by atoms with E-state index in [4.69, 9.17) is 0 Å². The van der Waals surface area contributed by atoms with Gasteiger partial charge in [-0.3, -0.25) is 0 Å². The van der Waals surface area contributed by atoms with Gasteiger partial charge in [0.25, 0.3) is 0 Å². The van der Waals surface area contributed by atoms with Crippen LogP contribution in [0, 0.1) is 5.92 Å². The van der Waals surface area contributed by atoms with Gasteiger partial charge in [-0.1, -0.05) is 6.92 Å². The molecule has 0 bridgehead atoms. The smallest absolute Gasteiger partial charge is 0.225 e. The SMILES string of the molecule is CCc1cnc(N2CCN(c3ccc(N4CC[C@@H]5CN(C)C[C@@H]54)cc3)CC2)nc1. The number of anilines is 3. The fraction of sp³-hybridized carbons (Fsp3) is 0.565. The first-order valence-electron chi connectivity index (χ1n) is 11.1. The largest absolute Gasteiger partial charge is 0.368 e. The van der Waals surface area contributed by atoms with Crippen LogP contribution in [0.5, 0.6) is 0 Å². The van der Waals surface area contributed by atoms with Gasteiger partial charge in [0.15, 0.2) is 0 Å². The van der Waals surface area contributed by atoms with E-state index in [1.54, 1.807) is 0 Å². The molecule has 0 amide bonds. The quantitative estimate of drug-likeness (QED) is 0.796. The Morgan fingerprint density at radius 3 is 2.21 bits per heavy atom. The molecule has 6 nitrogen and oxygen atoms in total. The van der Waals surface area contributed by atoms with Crippen LogP contribution in [-0.2, 0) is 6.42 Å². The molecule has 3 fully saturated rings. The summed E-state index contributed by atoms with van der Waals surface area (Å²) in [6, 6.07) is 9.98. The second-order valence-electron chi connectivity index (χ2n) is 8.77. The van der Waals surface area contributed by atoms with Crippen molar-refractivity contribution in [1.82, 2.24) is 14.9 Å². The molecule has 0 spiro atoms. The van der Waals surface area contributed by atoms with Crippen LogP contribution in [0.3, 0.4) is 0 Å². The van der Waals surface area contributed by atoms with Crippen LogP contribution in [0.4, 0.5) is 17.3 Å². The number of rotatable bonds is 4. The van der Waals surface area contributed by atoms with Crippen molar-refractivity contribution in [1.29, 1.82) is 0 Å². The van der Waals surface area contributed by atoms with Gasteiger partial charge in [-0.05, 0) is 55.6 Å². The van der Waals surface area contributed by atoms with Gasteiger partial charge in [-0.15, -0.1) is 0 Å². The van der Waals surface area contributed by atoms with Crippen molar-refractivity contribution in [2.24, 2.45) is 5.92 Å². The highest BCUT2D eigenvalue weighted by Crippen LogP contribution is 2.35. The Hall–Kier alpha value is -2.34. The van der Waals surface area contributed by atoms with Gasteiger partial charge >= 0.3 is 0 Å². The summed E-state index contributed by atoms with van der Waals surface area (Å²) >= 11 is 0. The lowest BCUT2D eigenvalue weighted by atomic mass is 10.0. The summed E-state index contributed by atoms with van der Waals surface area (Å²) in [5.41, 5.74) is 3.91. The van der Waals surface area contributed by atoms with E-state index < -0.39 is 0 Å². The van der Waals surface area contributed by atoms with Gasteiger partial charge < -0.3 is 19.6 Å². The third kappa shape index (κ3) is 3.66. The minimum atomic E-state index is 0.702. The van der Waals surface area contributed by atoms with Crippen molar-refractivity contribution in [3.05, 3.63) is 42.2 Å². The summed E-state index contributed by atoms with van der Waals surface area (Å²) in [5, 5.41) is 0. The molecular weight excluding hydrogens is 360 g/mol. The van der Waals surface area contributed by atoms with Gasteiger partial charge in [0.2, 0.25) is 5.95 Å². The third-order valence-electron chi connectivity index (χ3n) is 6.94. The number of benzene rings is 1. The molecule has 3 aliphatic rings. The molecule has 3 aliphatic heterocycles. The fourth-order valence-corrected chi connectivity index (χ4v) is 5.21. The summed E-state index contributed by atoms with van der Waals surface area (Å²) in [4.78, 5) is 19.0. The van der Waals surface area contributed by atoms with Gasteiger partial charge in [-0.2, -0.15) is 0 Å². The second-order valence-corrected chi connectivity index (χ2v) is 8.77. The molecule has 29 heavy (non-hydrogen) atoms. The van der Waals surface area contributed by atoms with Gasteiger partial charge in [-0.25, -0.2) is 9.97 Å². The lowest BCUT2D eigenvalue weighted by molar-refractivity contribution is 0.386. The zero-order valence-electron chi connectivity index (χ0n) is 17.7. The lowest BCUT2D eigenvalue weighted by Gasteiger charge is -2.36. The summed E-state index contributed by atoms with van der Waals surface area (Å²) in [5.74, 6) is 1.71. The second kappa shape index (κ2) is 7.82. The van der Waals surface area contributed by atoms with Crippen LogP contribution < -0.4 is 14.7 Å². The predicted octanol–water partition coefficient (Wildman–Crippen LogP) is 2.51. The number of nitrogens with zero attached hydrogens (tertiary/aromatic N) is 6. The van der Waals surface area contributed by atoms with E-state index in [0.717, 1.165) is 44.5 Å². The molecule has 0 unspecified atom stereocenters. The molecule has 0 radical (unpaired) electrons. The Labute approximate surface area is 174 Å². The maximum atomic E-state index is 4.55. The van der Waals surface area contributed by atoms with Crippen LogP contribution in [-0.4, -0.2) is 73.8 Å². The first-order valence-corrected chi connectivity index (χ1v) is 11.1. The summed E-state index contributed by atoms with van der Waals surface area (Å²) in [7, 11) is 2.25. The zero-order valence-corrected chi connectivity index (χ0v) is 17.7. The molecule has 1 aromatic carbocycles. The van der Waals surface area contributed by atoms with Crippen LogP contribution in [0.1, 0.15) is 18.9 Å². The van der Waals surface area contributed by atoms with Crippen molar-refractivity contribution in [2.75, 3.05) is 67.6 Å². The Kier molecular flexibility index (Phi) is 5.04. The topological polar surface area (TPSA) is 38.7 Å². The van der Waals surface area contributed by atoms with E-state index in [1.165, 1.54) is 43.0 Å². The lowest BCUT2D eigenvalue weighted by Crippen LogP contribution is -2.47. The molecule has 2 aromatic rings. The molecule has 0 aliphatic carbocycles. The molecule has 0 N–H and O–H groups in total. The van der Waals surface area contributed by atoms with Crippen molar-refractivity contribution < 1.29 is 0 Å². The summed E-state index contributed by atoms with van der Waals surface area (Å²) in [6.07, 6.45) is 6.23. The number of aryl methyl sites for hydroxylation is 1. The van der Waals surface area contributed by atoms with Crippen molar-refractivity contribution in [3.8, 4) is 0 Å². The average molecular weight is 393 g/mol. The summed E-state index contributed by atoms with van der Waals surface area (Å²) < 4.78 is 0. The van der Waals surface area contributed by atoms with E-state index in [0.29, 0.717) is 6.04 Å². The Bertz CT molecular complexity index is 812. The number of hydrogen-bond acceptors (Lipinski definition) is 6. The first-order chi connectivity index (χ1) is 14.2. The molecule has 154 valence electrons. The van der Waals surface area contributed by atoms with E-state index in [-0.39, 0.29) is 0 Å². The van der Waals surface area contributed by atoms with Crippen LogP contribution in [0.25, 0.3) is 0 Å². The number of piperazine rings is 1. The van der Waals surface area contributed by atoms with E-state index >= 15 is 0 Å². The normalized spacial score (nSPS) is 25.0. The molecule has 6 heteroatoms. The Morgan fingerprint density at radius 1 is 0.862 bits per heavy atom. The minimum absolute atomic E-state index is 0.702. The van der Waals surface area contributed by atoms with E-state index in [1.807, 2.05) is 12.4 Å². The van der Waals surface area contributed by atoms with E-state index in [9.17, 15) is 0 Å². The average Bonchev–Trinajstić information content (AvgIpc) is 3.33. The van der Waals surface area contributed by atoms with Crippen LogP contribution in [0.15, 0.2) is 36.7 Å². The molecule has 3 saturated heterocycles. The standard InChI is InChI=1S/C23H32N6/c1-3-18-14-24-23(25-15-18)28-12-10-27(11-13-28)20-4-6-21(7-5-20)29-9-8-19-16-26(2)17-22(19)29/h4-7,14-15,19,22H,3,8-13,16-17H2,1-2H3/t19-,22+/m1/s1. The monoisotopic (exact) mass is 392 g/mol. The molecule has 5 rings (SSSR count). The van der Waals surface area contributed by atoms with Gasteiger partial charge in [0, 0.05) is 75.6 Å². The third-order valence-corrected chi connectivity index (χ3v) is 6.94. The van der Waals surface area contributed by atoms with E-state index in [2.05, 4.69) is 67.8 Å². The number of likely N-dealkylation sites (N-methyl/N-ethyl adjacent to an activating group) is 1. The van der Waals surface area contributed by atoms with Crippen molar-refractivity contribution >= 4 is 17.3 Å². The van der Waals surface area contributed by atoms with Crippen molar-refractivity contribution in [2.45, 2.75) is 25.8 Å². The highest BCUT2D eigenvalue weighted by molar-refractivity contribution is 5.58. The highest BCUT2D eigenvalue weighted by Gasteiger charge is 2.40.